The molecule has 0 saturated carbocycles. The van der Waals surface area contributed by atoms with Crippen molar-refractivity contribution in [2.45, 2.75) is 39.0 Å². The van der Waals surface area contributed by atoms with Gasteiger partial charge in [-0.2, -0.15) is 0 Å². The molecule has 0 spiro atoms. The van der Waals surface area contributed by atoms with Crippen LogP contribution in [-0.2, 0) is 29.6 Å². The van der Waals surface area contributed by atoms with Crippen LogP contribution in [0.5, 0.6) is 0 Å². The van der Waals surface area contributed by atoms with E-state index in [-0.39, 0.29) is 36.4 Å². The second kappa shape index (κ2) is 9.45. The minimum atomic E-state index is -0.992. The Bertz CT molecular complexity index is 761. The number of ketones is 1. The first-order chi connectivity index (χ1) is 12.8. The number of Topliss-reactive ketones (excluding diaryl/α,β-unsaturated/α-hetero) is 1. The van der Waals surface area contributed by atoms with Gasteiger partial charge in [-0.05, 0) is 31.0 Å². The predicted molar refractivity (Wildman–Crippen MR) is 102 cm³/mol. The summed E-state index contributed by atoms with van der Waals surface area (Å²) in [7, 11) is 0. The number of allylic oxidation sites excluding steroid dienone is 1. The fourth-order valence-corrected chi connectivity index (χ4v) is 3.43. The molecule has 1 atom stereocenters. The maximum absolute atomic E-state index is 12.2. The zero-order valence-corrected chi connectivity index (χ0v) is 16.4. The van der Waals surface area contributed by atoms with Crippen LogP contribution in [0.3, 0.4) is 0 Å². The van der Waals surface area contributed by atoms with Crippen molar-refractivity contribution in [3.8, 4) is 0 Å². The van der Waals surface area contributed by atoms with Gasteiger partial charge < -0.3 is 19.5 Å². The van der Waals surface area contributed by atoms with Gasteiger partial charge in [0, 0.05) is 31.3 Å². The van der Waals surface area contributed by atoms with Gasteiger partial charge in [0.2, 0.25) is 18.3 Å². The Labute approximate surface area is 162 Å². The van der Waals surface area contributed by atoms with Crippen LogP contribution in [-0.4, -0.2) is 41.4 Å². The lowest BCUT2D eigenvalue weighted by molar-refractivity contribution is -0.138. The predicted octanol–water partition coefficient (Wildman–Crippen LogP) is 2.86. The Balaban J connectivity index is 2.28. The van der Waals surface area contributed by atoms with Gasteiger partial charge in [-0.15, -0.1) is 0 Å². The van der Waals surface area contributed by atoms with Crippen molar-refractivity contribution in [1.82, 2.24) is 0 Å². The fraction of sp³-hybridized carbons (Fsp3) is 0.421. The molecule has 1 aliphatic heterocycles. The van der Waals surface area contributed by atoms with Crippen LogP contribution in [0.2, 0.25) is 0 Å². The van der Waals surface area contributed by atoms with Gasteiger partial charge >= 0.3 is 5.97 Å². The molecule has 146 valence electrons. The molecule has 1 aromatic carbocycles. The number of carbonyl (C=O) groups is 3. The number of hydrogen-bond donors (Lipinski definition) is 1. The smallest absolute Gasteiger partial charge is 0.326 e. The van der Waals surface area contributed by atoms with Crippen LogP contribution in [0, 0.1) is 6.92 Å². The average Bonchev–Trinajstić information content (AvgIpc) is 3.15. The maximum Gasteiger partial charge on any atom is 0.326 e. The quantitative estimate of drug-likeness (QED) is 0.685. The summed E-state index contributed by atoms with van der Waals surface area (Å²) in [5.41, 5.74) is 2.56. The van der Waals surface area contributed by atoms with Crippen LogP contribution in [0.15, 0.2) is 30.2 Å². The van der Waals surface area contributed by atoms with Gasteiger partial charge in [0.05, 0.1) is 0 Å². The Morgan fingerprint density at radius 1 is 1.33 bits per heavy atom. The molecule has 0 bridgehead atoms. The molecule has 27 heavy (non-hydrogen) atoms. The highest BCUT2D eigenvalue weighted by Gasteiger charge is 2.26. The zero-order valence-electron chi connectivity index (χ0n) is 15.6. The minimum Gasteiger partial charge on any atom is -0.480 e. The van der Waals surface area contributed by atoms with E-state index in [1.807, 2.05) is 25.1 Å². The van der Waals surface area contributed by atoms with E-state index >= 15 is 0 Å². The molecular formula is C19H23NO6S. The number of carbonyl (C=O) groups excluding carboxylic acids is 2. The highest BCUT2D eigenvalue weighted by Crippen LogP contribution is 2.30. The van der Waals surface area contributed by atoms with Crippen LogP contribution in [0.1, 0.15) is 31.4 Å². The Morgan fingerprint density at radius 2 is 2.07 bits per heavy atom. The molecule has 2 rings (SSSR count). The summed E-state index contributed by atoms with van der Waals surface area (Å²) >= 11 is 1.17. The summed E-state index contributed by atoms with van der Waals surface area (Å²) in [6.45, 7) is 5.21. The highest BCUT2D eigenvalue weighted by molar-refractivity contribution is 8.12. The molecule has 1 N–H and O–H groups in total. The van der Waals surface area contributed by atoms with Crippen molar-refractivity contribution >= 4 is 34.3 Å². The van der Waals surface area contributed by atoms with Crippen LogP contribution in [0.25, 0.3) is 0 Å². The van der Waals surface area contributed by atoms with E-state index in [2.05, 4.69) is 0 Å². The summed E-state index contributed by atoms with van der Waals surface area (Å²) < 4.78 is 9.98. The second-order valence-electron chi connectivity index (χ2n) is 6.14. The van der Waals surface area contributed by atoms with E-state index in [9.17, 15) is 19.5 Å². The van der Waals surface area contributed by atoms with Crippen LogP contribution in [0.4, 0.5) is 5.69 Å². The third-order valence-electron chi connectivity index (χ3n) is 4.27. The first-order valence-electron chi connectivity index (χ1n) is 8.50. The fourth-order valence-electron chi connectivity index (χ4n) is 2.71. The standard InChI is InChI=1S/C19H23NO6S/c1-12-5-4-6-16(15(12)10-27-14(3)21)20(13(2)19(23)24)8-7-17(22)18-9-25-11-26-18/h4-6,9,13H,7-8,10-11H2,1-3H3,(H,23,24)/t13-/m0/s1. The van der Waals surface area contributed by atoms with Crippen LogP contribution < -0.4 is 4.90 Å². The molecule has 1 aromatic rings. The van der Waals surface area contributed by atoms with Crippen molar-refractivity contribution < 1.29 is 29.0 Å². The SMILES string of the molecule is CC(=O)SCc1c(C)cccc1N(CCC(=O)C1=COCO1)[C@@H](C)C(=O)O. The lowest BCUT2D eigenvalue weighted by Crippen LogP contribution is -2.41. The molecule has 0 unspecified atom stereocenters. The number of carboxylic acids is 1. The van der Waals surface area contributed by atoms with Gasteiger partial charge in [-0.1, -0.05) is 23.9 Å². The molecular weight excluding hydrogens is 370 g/mol. The summed E-state index contributed by atoms with van der Waals surface area (Å²) in [4.78, 5) is 37.0. The number of nitrogens with zero attached hydrogens (tertiary/aromatic N) is 1. The van der Waals surface area contributed by atoms with Gasteiger partial charge in [-0.25, -0.2) is 4.79 Å². The lowest BCUT2D eigenvalue weighted by atomic mass is 10.0. The van der Waals surface area contributed by atoms with E-state index in [1.54, 1.807) is 11.8 Å². The van der Waals surface area contributed by atoms with Crippen molar-refractivity contribution in [1.29, 1.82) is 0 Å². The zero-order chi connectivity index (χ0) is 20.0. The highest BCUT2D eigenvalue weighted by atomic mass is 32.2. The molecule has 0 radical (unpaired) electrons. The third-order valence-corrected chi connectivity index (χ3v) is 5.11. The minimum absolute atomic E-state index is 0.0115. The largest absolute Gasteiger partial charge is 0.480 e. The summed E-state index contributed by atoms with van der Waals surface area (Å²) in [6.07, 6.45) is 1.36. The van der Waals surface area contributed by atoms with Gasteiger partial charge in [0.25, 0.3) is 0 Å². The Hall–Kier alpha value is -2.48. The summed E-state index contributed by atoms with van der Waals surface area (Å²) in [6, 6.07) is 4.74. The van der Waals surface area contributed by atoms with Crippen molar-refractivity contribution in [3.05, 3.63) is 41.3 Å². The third kappa shape index (κ3) is 5.50. The van der Waals surface area contributed by atoms with E-state index in [0.717, 1.165) is 11.1 Å². The lowest BCUT2D eigenvalue weighted by Gasteiger charge is -2.31. The molecule has 0 fully saturated rings. The number of benzene rings is 1. The Morgan fingerprint density at radius 3 is 2.67 bits per heavy atom. The van der Waals surface area contributed by atoms with E-state index in [0.29, 0.717) is 11.4 Å². The molecule has 0 amide bonds. The molecule has 1 aliphatic rings. The van der Waals surface area contributed by atoms with E-state index < -0.39 is 12.0 Å². The Kier molecular flexibility index (Phi) is 7.29. The first kappa shape index (κ1) is 20.8. The van der Waals surface area contributed by atoms with Crippen LogP contribution >= 0.6 is 11.8 Å². The topological polar surface area (TPSA) is 93.1 Å². The monoisotopic (exact) mass is 393 g/mol. The maximum atomic E-state index is 12.2. The van der Waals surface area contributed by atoms with E-state index in [4.69, 9.17) is 9.47 Å². The number of thioether (sulfide) groups is 1. The molecule has 7 nitrogen and oxygen atoms in total. The number of hydrogen-bond acceptors (Lipinski definition) is 7. The van der Waals surface area contributed by atoms with Crippen molar-refractivity contribution in [2.24, 2.45) is 0 Å². The molecule has 8 heteroatoms. The molecule has 0 aromatic heterocycles. The van der Waals surface area contributed by atoms with E-state index in [1.165, 1.54) is 24.9 Å². The number of ether oxygens (including phenoxy) is 2. The number of aryl methyl sites for hydroxylation is 1. The second-order valence-corrected chi connectivity index (χ2v) is 7.30. The van der Waals surface area contributed by atoms with Gasteiger partial charge in [0.15, 0.2) is 5.12 Å². The normalized spacial score (nSPS) is 14.0. The number of rotatable bonds is 9. The first-order valence-corrected chi connectivity index (χ1v) is 9.49. The summed E-state index contributed by atoms with van der Waals surface area (Å²) in [5.74, 6) is -0.651. The summed E-state index contributed by atoms with van der Waals surface area (Å²) in [5, 5.41) is 9.52. The van der Waals surface area contributed by atoms with Crippen molar-refractivity contribution in [2.75, 3.05) is 18.2 Å². The van der Waals surface area contributed by atoms with Gasteiger partial charge in [0.1, 0.15) is 12.3 Å². The molecule has 0 aliphatic carbocycles. The number of anilines is 1. The number of carboxylic acid groups (broad SMARTS) is 1. The van der Waals surface area contributed by atoms with Gasteiger partial charge in [-0.3, -0.25) is 9.59 Å². The number of aliphatic carboxylic acids is 1. The van der Waals surface area contributed by atoms with Crippen molar-refractivity contribution in [3.63, 3.8) is 0 Å². The average molecular weight is 393 g/mol. The molecule has 0 saturated heterocycles. The molecule has 1 heterocycles.